The van der Waals surface area contributed by atoms with Gasteiger partial charge in [0.2, 0.25) is 0 Å². The van der Waals surface area contributed by atoms with Crippen LogP contribution in [-0.4, -0.2) is 22.4 Å². The zero-order valence-corrected chi connectivity index (χ0v) is 11.0. The van der Waals surface area contributed by atoms with Crippen molar-refractivity contribution in [2.24, 2.45) is 5.92 Å². The molecular formula is C12H16BrNO2. The van der Waals surface area contributed by atoms with E-state index < -0.39 is 0 Å². The Balaban J connectivity index is 2.72. The number of halogens is 1. The molecule has 1 unspecified atom stereocenters. The Hall–Kier alpha value is -1.03. The van der Waals surface area contributed by atoms with Crippen molar-refractivity contribution in [3.63, 3.8) is 0 Å². The van der Waals surface area contributed by atoms with E-state index in [1.807, 2.05) is 0 Å². The standard InChI is InChI=1S/C12H16BrNO2/c1-8(2)11(7-13)14-12(16)9-4-3-5-10(15)6-9/h3-6,8,11,15H,7H2,1-2H3,(H,14,16). The van der Waals surface area contributed by atoms with E-state index in [1.165, 1.54) is 6.07 Å². The number of aromatic hydroxyl groups is 1. The van der Waals surface area contributed by atoms with Crippen LogP contribution in [0.2, 0.25) is 0 Å². The summed E-state index contributed by atoms with van der Waals surface area (Å²) in [5.41, 5.74) is 0.478. The van der Waals surface area contributed by atoms with E-state index in [1.54, 1.807) is 18.2 Å². The number of amides is 1. The molecule has 1 rings (SSSR count). The molecule has 16 heavy (non-hydrogen) atoms. The summed E-state index contributed by atoms with van der Waals surface area (Å²) in [6.45, 7) is 4.10. The van der Waals surface area contributed by atoms with Gasteiger partial charge in [0.15, 0.2) is 0 Å². The summed E-state index contributed by atoms with van der Waals surface area (Å²) < 4.78 is 0. The van der Waals surface area contributed by atoms with Gasteiger partial charge in [0.1, 0.15) is 5.75 Å². The fourth-order valence-electron chi connectivity index (χ4n) is 1.28. The van der Waals surface area contributed by atoms with Crippen LogP contribution in [0.3, 0.4) is 0 Å². The normalized spacial score (nSPS) is 12.5. The second kappa shape index (κ2) is 5.89. The first-order chi connectivity index (χ1) is 7.54. The Bertz CT molecular complexity index is 366. The van der Waals surface area contributed by atoms with Crippen molar-refractivity contribution < 1.29 is 9.90 Å². The smallest absolute Gasteiger partial charge is 0.251 e. The third-order valence-electron chi connectivity index (χ3n) is 2.40. The molecule has 3 nitrogen and oxygen atoms in total. The summed E-state index contributed by atoms with van der Waals surface area (Å²) in [7, 11) is 0. The molecule has 1 aromatic carbocycles. The lowest BCUT2D eigenvalue weighted by Crippen LogP contribution is -2.39. The maximum absolute atomic E-state index is 11.8. The molecule has 0 saturated heterocycles. The number of phenols is 1. The molecule has 0 radical (unpaired) electrons. The summed E-state index contributed by atoms with van der Waals surface area (Å²) in [5.74, 6) is 0.308. The second-order valence-electron chi connectivity index (χ2n) is 4.03. The fraction of sp³-hybridized carbons (Fsp3) is 0.417. The summed E-state index contributed by atoms with van der Waals surface area (Å²) in [5, 5.41) is 12.9. The summed E-state index contributed by atoms with van der Waals surface area (Å²) in [4.78, 5) is 11.8. The van der Waals surface area contributed by atoms with Crippen LogP contribution in [-0.2, 0) is 0 Å². The van der Waals surface area contributed by atoms with E-state index in [0.29, 0.717) is 11.5 Å². The average molecular weight is 286 g/mol. The lowest BCUT2D eigenvalue weighted by Gasteiger charge is -2.19. The van der Waals surface area contributed by atoms with E-state index in [-0.39, 0.29) is 17.7 Å². The first kappa shape index (κ1) is 13.0. The van der Waals surface area contributed by atoms with E-state index in [0.717, 1.165) is 5.33 Å². The molecule has 0 aliphatic carbocycles. The Labute approximate surface area is 104 Å². The van der Waals surface area contributed by atoms with Gasteiger partial charge in [-0.1, -0.05) is 35.8 Å². The van der Waals surface area contributed by atoms with Crippen LogP contribution in [0.25, 0.3) is 0 Å². The largest absolute Gasteiger partial charge is 0.508 e. The molecule has 4 heteroatoms. The van der Waals surface area contributed by atoms with Crippen LogP contribution >= 0.6 is 15.9 Å². The van der Waals surface area contributed by atoms with Crippen molar-refractivity contribution >= 4 is 21.8 Å². The highest BCUT2D eigenvalue weighted by atomic mass is 79.9. The van der Waals surface area contributed by atoms with Crippen molar-refractivity contribution in [2.45, 2.75) is 19.9 Å². The molecule has 0 aromatic heterocycles. The van der Waals surface area contributed by atoms with Crippen molar-refractivity contribution in [1.82, 2.24) is 5.32 Å². The van der Waals surface area contributed by atoms with E-state index in [9.17, 15) is 9.90 Å². The van der Waals surface area contributed by atoms with Gasteiger partial charge in [-0.25, -0.2) is 0 Å². The Kier molecular flexibility index (Phi) is 4.80. The number of hydrogen-bond acceptors (Lipinski definition) is 2. The summed E-state index contributed by atoms with van der Waals surface area (Å²) >= 11 is 3.37. The first-order valence-electron chi connectivity index (χ1n) is 5.20. The molecule has 1 aromatic rings. The number of hydrogen-bond donors (Lipinski definition) is 2. The van der Waals surface area contributed by atoms with Gasteiger partial charge in [0.25, 0.3) is 5.91 Å². The number of phenolic OH excluding ortho intramolecular Hbond substituents is 1. The van der Waals surface area contributed by atoms with Crippen molar-refractivity contribution in [3.8, 4) is 5.75 Å². The molecule has 0 spiro atoms. The van der Waals surface area contributed by atoms with Crippen LogP contribution < -0.4 is 5.32 Å². The molecule has 1 atom stereocenters. The maximum Gasteiger partial charge on any atom is 0.251 e. The number of benzene rings is 1. The number of alkyl halides is 1. The quantitative estimate of drug-likeness (QED) is 0.836. The van der Waals surface area contributed by atoms with E-state index >= 15 is 0 Å². The molecule has 0 heterocycles. The Morgan fingerprint density at radius 1 is 1.50 bits per heavy atom. The van der Waals surface area contributed by atoms with Crippen LogP contribution in [0.4, 0.5) is 0 Å². The van der Waals surface area contributed by atoms with Gasteiger partial charge in [0.05, 0.1) is 0 Å². The minimum atomic E-state index is -0.158. The van der Waals surface area contributed by atoms with Crippen LogP contribution in [0, 0.1) is 5.92 Å². The fourth-order valence-corrected chi connectivity index (χ4v) is 2.19. The van der Waals surface area contributed by atoms with Crippen LogP contribution in [0.5, 0.6) is 5.75 Å². The zero-order chi connectivity index (χ0) is 12.1. The second-order valence-corrected chi connectivity index (χ2v) is 4.68. The van der Waals surface area contributed by atoms with E-state index in [4.69, 9.17) is 0 Å². The molecule has 2 N–H and O–H groups in total. The maximum atomic E-state index is 11.8. The van der Waals surface area contributed by atoms with E-state index in [2.05, 4.69) is 35.1 Å². The Morgan fingerprint density at radius 2 is 2.19 bits per heavy atom. The molecule has 0 aliphatic rings. The Morgan fingerprint density at radius 3 is 2.69 bits per heavy atom. The van der Waals surface area contributed by atoms with Gasteiger partial charge in [-0.3, -0.25) is 4.79 Å². The van der Waals surface area contributed by atoms with Crippen molar-refractivity contribution in [1.29, 1.82) is 0 Å². The predicted octanol–water partition coefficient (Wildman–Crippen LogP) is 2.54. The predicted molar refractivity (Wildman–Crippen MR) is 68.0 cm³/mol. The molecular weight excluding hydrogens is 270 g/mol. The van der Waals surface area contributed by atoms with Crippen LogP contribution in [0.1, 0.15) is 24.2 Å². The van der Waals surface area contributed by atoms with Gasteiger partial charge < -0.3 is 10.4 Å². The van der Waals surface area contributed by atoms with Crippen molar-refractivity contribution in [3.05, 3.63) is 29.8 Å². The van der Waals surface area contributed by atoms with Gasteiger partial charge in [-0.15, -0.1) is 0 Å². The van der Waals surface area contributed by atoms with Gasteiger partial charge in [-0.2, -0.15) is 0 Å². The molecule has 0 aliphatic heterocycles. The van der Waals surface area contributed by atoms with Gasteiger partial charge >= 0.3 is 0 Å². The topological polar surface area (TPSA) is 49.3 Å². The number of rotatable bonds is 4. The minimum absolute atomic E-state index is 0.0925. The van der Waals surface area contributed by atoms with Gasteiger partial charge in [-0.05, 0) is 24.1 Å². The molecule has 0 saturated carbocycles. The number of carbonyl (C=O) groups excluding carboxylic acids is 1. The van der Waals surface area contributed by atoms with Gasteiger partial charge in [0, 0.05) is 16.9 Å². The first-order valence-corrected chi connectivity index (χ1v) is 6.32. The molecule has 0 bridgehead atoms. The van der Waals surface area contributed by atoms with Crippen molar-refractivity contribution in [2.75, 3.05) is 5.33 Å². The highest BCUT2D eigenvalue weighted by molar-refractivity contribution is 9.09. The molecule has 1 amide bonds. The monoisotopic (exact) mass is 285 g/mol. The molecule has 0 fully saturated rings. The average Bonchev–Trinajstić information content (AvgIpc) is 2.25. The highest BCUT2D eigenvalue weighted by Gasteiger charge is 2.15. The van der Waals surface area contributed by atoms with Crippen LogP contribution in [0.15, 0.2) is 24.3 Å². The number of nitrogens with one attached hydrogen (secondary N) is 1. The lowest BCUT2D eigenvalue weighted by atomic mass is 10.1. The summed E-state index contributed by atoms with van der Waals surface area (Å²) in [6.07, 6.45) is 0. The zero-order valence-electron chi connectivity index (χ0n) is 9.40. The minimum Gasteiger partial charge on any atom is -0.508 e. The summed E-state index contributed by atoms with van der Waals surface area (Å²) in [6, 6.07) is 6.43. The third-order valence-corrected chi connectivity index (χ3v) is 3.09. The number of carbonyl (C=O) groups is 1. The lowest BCUT2D eigenvalue weighted by molar-refractivity contribution is 0.0931. The third kappa shape index (κ3) is 3.52. The SMILES string of the molecule is CC(C)C(CBr)NC(=O)c1cccc(O)c1. The molecule has 88 valence electrons. The highest BCUT2D eigenvalue weighted by Crippen LogP contribution is 2.12.